The van der Waals surface area contributed by atoms with Gasteiger partial charge >= 0.3 is 0 Å². The summed E-state index contributed by atoms with van der Waals surface area (Å²) in [7, 11) is 0. The van der Waals surface area contributed by atoms with E-state index in [4.69, 9.17) is 4.74 Å². The summed E-state index contributed by atoms with van der Waals surface area (Å²) in [5, 5.41) is 10.6. The summed E-state index contributed by atoms with van der Waals surface area (Å²) in [5.41, 5.74) is -2.87. The molecule has 0 aromatic carbocycles. The fraction of sp³-hybridized carbons (Fsp3) is 0.781. The average molecular weight is 558 g/mol. The Morgan fingerprint density at radius 2 is 1.65 bits per heavy atom. The zero-order valence-electron chi connectivity index (χ0n) is 26.1. The van der Waals surface area contributed by atoms with Gasteiger partial charge in [-0.3, -0.25) is 14.4 Å². The fourth-order valence-corrected chi connectivity index (χ4v) is 8.09. The Labute approximate surface area is 240 Å². The van der Waals surface area contributed by atoms with Gasteiger partial charge in [0.1, 0.15) is 11.6 Å². The van der Waals surface area contributed by atoms with Crippen LogP contribution in [0.4, 0.5) is 0 Å². The van der Waals surface area contributed by atoms with Crippen molar-refractivity contribution in [3.63, 3.8) is 0 Å². The average Bonchev–Trinajstić information content (AvgIpc) is 3.11. The van der Waals surface area contributed by atoms with Gasteiger partial charge in [0.2, 0.25) is 17.7 Å². The molecule has 4 aliphatic heterocycles. The van der Waals surface area contributed by atoms with Crippen molar-refractivity contribution in [2.75, 3.05) is 26.2 Å². The number of fused-ring (bicyclic) bond motifs is 2. The van der Waals surface area contributed by atoms with E-state index in [1.807, 2.05) is 56.9 Å². The first-order chi connectivity index (χ1) is 18.6. The van der Waals surface area contributed by atoms with E-state index in [1.54, 1.807) is 9.80 Å². The highest BCUT2D eigenvalue weighted by molar-refractivity contribution is 6.00. The minimum atomic E-state index is -1.31. The summed E-state index contributed by atoms with van der Waals surface area (Å²) in [6, 6.07) is -1.54. The van der Waals surface area contributed by atoms with Gasteiger partial charge in [-0.1, -0.05) is 72.3 Å². The van der Waals surface area contributed by atoms with Gasteiger partial charge in [-0.05, 0) is 44.9 Å². The number of aliphatic hydroxyl groups excluding tert-OH is 1. The number of carbonyl (C=O) groups is 3. The lowest BCUT2D eigenvalue weighted by molar-refractivity contribution is -0.160. The van der Waals surface area contributed by atoms with Gasteiger partial charge in [0.25, 0.3) is 0 Å². The minimum absolute atomic E-state index is 0.0277. The highest BCUT2D eigenvalue weighted by Crippen LogP contribution is 2.58. The Morgan fingerprint density at radius 1 is 1.00 bits per heavy atom. The Kier molecular flexibility index (Phi) is 8.13. The number of hydrogen-bond donors (Lipinski definition) is 1. The summed E-state index contributed by atoms with van der Waals surface area (Å²) < 4.78 is 6.95. The minimum Gasteiger partial charge on any atom is -0.394 e. The van der Waals surface area contributed by atoms with Crippen molar-refractivity contribution in [2.45, 2.75) is 110 Å². The topological polar surface area (TPSA) is 90.4 Å². The van der Waals surface area contributed by atoms with Gasteiger partial charge in [-0.25, -0.2) is 0 Å². The quantitative estimate of drug-likeness (QED) is 0.459. The van der Waals surface area contributed by atoms with Crippen LogP contribution in [0.2, 0.25) is 0 Å². The molecule has 8 nitrogen and oxygen atoms in total. The standard InChI is InChI=1S/C32H51N3O5/c1-10-16-33-17-12-14-31(9)23(26(33)37)24-27(38)35(22(19-36)21(3)11-2)25-28(39)34(18-13-15-32(24,25)40-31)30(7,8)20-29(4,5)6/h12-15,21-25,36H,10-11,16-20H2,1-9H3/t21-,22-,23-,24-,25?,31+,32-/m0/s1. The summed E-state index contributed by atoms with van der Waals surface area (Å²) in [4.78, 5) is 48.9. The fourth-order valence-electron chi connectivity index (χ4n) is 8.09. The Hall–Kier alpha value is -2.19. The molecule has 1 spiro atoms. The highest BCUT2D eigenvalue weighted by atomic mass is 16.5. The van der Waals surface area contributed by atoms with E-state index in [9.17, 15) is 19.5 Å². The first-order valence-corrected chi connectivity index (χ1v) is 15.2. The Morgan fingerprint density at radius 3 is 2.23 bits per heavy atom. The third-order valence-corrected chi connectivity index (χ3v) is 9.61. The molecule has 224 valence electrons. The van der Waals surface area contributed by atoms with Gasteiger partial charge in [-0.2, -0.15) is 0 Å². The van der Waals surface area contributed by atoms with E-state index in [2.05, 4.69) is 34.6 Å². The van der Waals surface area contributed by atoms with Crippen molar-refractivity contribution >= 4 is 17.7 Å². The summed E-state index contributed by atoms with van der Waals surface area (Å²) in [6.07, 6.45) is 10.0. The van der Waals surface area contributed by atoms with Gasteiger partial charge in [0, 0.05) is 25.2 Å². The van der Waals surface area contributed by atoms with Gasteiger partial charge in [-0.15, -0.1) is 0 Å². The molecule has 1 unspecified atom stereocenters. The lowest BCUT2D eigenvalue weighted by Crippen LogP contribution is -2.62. The van der Waals surface area contributed by atoms with Crippen LogP contribution in [-0.2, 0) is 19.1 Å². The van der Waals surface area contributed by atoms with Gasteiger partial charge in [0.05, 0.1) is 30.1 Å². The predicted octanol–water partition coefficient (Wildman–Crippen LogP) is 3.79. The first kappa shape index (κ1) is 30.8. The van der Waals surface area contributed by atoms with Crippen molar-refractivity contribution in [3.05, 3.63) is 24.3 Å². The van der Waals surface area contributed by atoms with E-state index in [0.717, 1.165) is 19.3 Å². The molecule has 1 N–H and O–H groups in total. The maximum atomic E-state index is 14.8. The van der Waals surface area contributed by atoms with Crippen LogP contribution in [0, 0.1) is 23.2 Å². The van der Waals surface area contributed by atoms with E-state index in [-0.39, 0.29) is 35.7 Å². The molecule has 0 aliphatic carbocycles. The van der Waals surface area contributed by atoms with E-state index in [0.29, 0.717) is 19.6 Å². The molecule has 0 bridgehead atoms. The zero-order chi connectivity index (χ0) is 29.8. The van der Waals surface area contributed by atoms with Crippen molar-refractivity contribution in [3.8, 4) is 0 Å². The molecular weight excluding hydrogens is 506 g/mol. The van der Waals surface area contributed by atoms with E-state index in [1.165, 1.54) is 0 Å². The normalized spacial score (nSPS) is 34.0. The molecule has 2 saturated heterocycles. The molecule has 3 amide bonds. The summed E-state index contributed by atoms with van der Waals surface area (Å²) in [6.45, 7) is 19.8. The van der Waals surface area contributed by atoms with Crippen LogP contribution in [-0.4, -0.2) is 92.6 Å². The van der Waals surface area contributed by atoms with Crippen LogP contribution >= 0.6 is 0 Å². The predicted molar refractivity (Wildman–Crippen MR) is 155 cm³/mol. The second-order valence-electron chi connectivity index (χ2n) is 14.5. The third kappa shape index (κ3) is 4.83. The molecular formula is C32H51N3O5. The number of carbonyl (C=O) groups excluding carboxylic acids is 3. The number of likely N-dealkylation sites (tertiary alicyclic amines) is 1. The second kappa shape index (κ2) is 10.6. The third-order valence-electron chi connectivity index (χ3n) is 9.61. The van der Waals surface area contributed by atoms with Crippen LogP contribution in [0.1, 0.15) is 81.6 Å². The Balaban J connectivity index is 1.90. The van der Waals surface area contributed by atoms with Gasteiger partial charge in [0.15, 0.2) is 0 Å². The van der Waals surface area contributed by atoms with Crippen molar-refractivity contribution in [2.24, 2.45) is 23.2 Å². The van der Waals surface area contributed by atoms with Crippen LogP contribution in [0.5, 0.6) is 0 Å². The van der Waals surface area contributed by atoms with E-state index >= 15 is 0 Å². The number of nitrogens with zero attached hydrogens (tertiary/aromatic N) is 3. The second-order valence-corrected chi connectivity index (χ2v) is 14.5. The molecule has 8 heteroatoms. The maximum Gasteiger partial charge on any atom is 0.249 e. The zero-order valence-corrected chi connectivity index (χ0v) is 26.1. The number of aliphatic hydroxyl groups is 1. The number of hydrogen-bond acceptors (Lipinski definition) is 5. The van der Waals surface area contributed by atoms with Crippen LogP contribution in [0.15, 0.2) is 24.3 Å². The van der Waals surface area contributed by atoms with Gasteiger partial charge < -0.3 is 24.5 Å². The van der Waals surface area contributed by atoms with Crippen LogP contribution < -0.4 is 0 Å². The number of rotatable bonds is 8. The number of amides is 3. The smallest absolute Gasteiger partial charge is 0.249 e. The lowest BCUT2D eigenvalue weighted by atomic mass is 9.74. The molecule has 4 aliphatic rings. The SMILES string of the molecule is CCCN1CC=C[C@@]2(C)O[C@]34C=CCN(C(C)(C)CC(C)(C)C)C(=O)C3N([C@@H](CO)[C@@H](C)CC)C(=O)[C@@H]4[C@H]2C1=O. The number of ether oxygens (including phenoxy) is 1. The lowest BCUT2D eigenvalue weighted by Gasteiger charge is -2.46. The molecule has 0 radical (unpaired) electrons. The molecule has 4 heterocycles. The first-order valence-electron chi connectivity index (χ1n) is 15.2. The molecule has 0 aromatic rings. The summed E-state index contributed by atoms with van der Waals surface area (Å²) >= 11 is 0. The molecule has 7 atom stereocenters. The largest absolute Gasteiger partial charge is 0.394 e. The Bertz CT molecular complexity index is 1080. The maximum absolute atomic E-state index is 14.8. The van der Waals surface area contributed by atoms with Crippen LogP contribution in [0.3, 0.4) is 0 Å². The van der Waals surface area contributed by atoms with Crippen molar-refractivity contribution < 1.29 is 24.2 Å². The summed E-state index contributed by atoms with van der Waals surface area (Å²) in [5.74, 6) is -2.23. The van der Waals surface area contributed by atoms with E-state index < -0.39 is 40.7 Å². The molecule has 0 saturated carbocycles. The van der Waals surface area contributed by atoms with Crippen molar-refractivity contribution in [1.82, 2.24) is 14.7 Å². The highest BCUT2D eigenvalue weighted by Gasteiger charge is 2.75. The van der Waals surface area contributed by atoms with Crippen LogP contribution in [0.25, 0.3) is 0 Å². The molecule has 2 fully saturated rings. The molecule has 40 heavy (non-hydrogen) atoms. The molecule has 0 aromatic heterocycles. The monoisotopic (exact) mass is 557 g/mol. The molecule has 4 rings (SSSR count). The van der Waals surface area contributed by atoms with Crippen molar-refractivity contribution in [1.29, 1.82) is 0 Å².